The van der Waals surface area contributed by atoms with Crippen molar-refractivity contribution in [1.29, 1.82) is 0 Å². The van der Waals surface area contributed by atoms with Crippen molar-refractivity contribution in [3.05, 3.63) is 0 Å². The van der Waals surface area contributed by atoms with Crippen molar-refractivity contribution in [3.63, 3.8) is 0 Å². The Hall–Kier alpha value is 0.560. The monoisotopic (exact) mass is 786 g/mol. The molecule has 0 aliphatic rings. The van der Waals surface area contributed by atoms with E-state index in [0.29, 0.717) is 38.5 Å². The highest BCUT2D eigenvalue weighted by Crippen LogP contribution is 2.75. The third kappa shape index (κ3) is 30.7. The Bertz CT molecular complexity index is 941. The van der Waals surface area contributed by atoms with E-state index in [9.17, 15) is 28.0 Å². The van der Waals surface area contributed by atoms with Crippen LogP contribution in [0.1, 0.15) is 182 Å². The van der Waals surface area contributed by atoms with Crippen LogP contribution in [0.5, 0.6) is 0 Å². The lowest BCUT2D eigenvalue weighted by molar-refractivity contribution is 0.114. The minimum atomic E-state index is -5.49. The molecule has 0 aromatic heterocycles. The van der Waals surface area contributed by atoms with Gasteiger partial charge in [-0.05, 0) is 25.7 Å². The van der Waals surface area contributed by atoms with Crippen molar-refractivity contribution >= 4 is 31.3 Å². The van der Waals surface area contributed by atoms with E-state index in [-0.39, 0.29) is 26.4 Å². The average molecular weight is 787 g/mol. The Labute approximate surface area is 298 Å². The Balaban J connectivity index is 5.93. The second-order valence-electron chi connectivity index (χ2n) is 12.5. The van der Waals surface area contributed by atoms with Gasteiger partial charge in [0.25, 0.3) is 0 Å². The van der Waals surface area contributed by atoms with E-state index in [1.807, 2.05) is 0 Å². The molecule has 0 bridgehead atoms. The Morgan fingerprint density at radius 2 is 0.551 bits per heavy atom. The SMILES string of the molecule is CCCCCCCCOP(=O)(OCCCCCCCC)OP(=O)(OCCCCCCCC)OP(=O)(OCCCCCCCC)OP(=O)(O)O. The second-order valence-corrected chi connectivity index (χ2v) is 19.1. The van der Waals surface area contributed by atoms with Gasteiger partial charge in [-0.3, -0.25) is 18.1 Å². The maximum absolute atomic E-state index is 14.1. The van der Waals surface area contributed by atoms with Crippen LogP contribution in [-0.4, -0.2) is 36.2 Å². The molecule has 0 aromatic rings. The van der Waals surface area contributed by atoms with Gasteiger partial charge in [-0.25, -0.2) is 18.3 Å². The highest BCUT2D eigenvalue weighted by atomic mass is 31.3. The van der Waals surface area contributed by atoms with Gasteiger partial charge in [-0.15, -0.1) is 0 Å². The van der Waals surface area contributed by atoms with E-state index in [4.69, 9.17) is 26.7 Å². The van der Waals surface area contributed by atoms with E-state index >= 15 is 0 Å². The first kappa shape index (κ1) is 49.6. The van der Waals surface area contributed by atoms with Crippen molar-refractivity contribution < 1.29 is 59.1 Å². The van der Waals surface area contributed by atoms with Crippen LogP contribution < -0.4 is 0 Å². The molecule has 49 heavy (non-hydrogen) atoms. The smallest absolute Gasteiger partial charge is 0.302 e. The van der Waals surface area contributed by atoms with Gasteiger partial charge in [-0.2, -0.15) is 12.9 Å². The predicted octanol–water partition coefficient (Wildman–Crippen LogP) is 13.0. The van der Waals surface area contributed by atoms with E-state index < -0.39 is 31.3 Å². The average Bonchev–Trinajstić information content (AvgIpc) is 3.02. The number of rotatable bonds is 38. The quantitative estimate of drug-likeness (QED) is 0.0447. The van der Waals surface area contributed by atoms with E-state index in [1.54, 1.807) is 0 Å². The summed E-state index contributed by atoms with van der Waals surface area (Å²) >= 11 is 0. The second kappa shape index (κ2) is 31.0. The summed E-state index contributed by atoms with van der Waals surface area (Å²) in [5.74, 6) is 0. The molecule has 0 saturated carbocycles. The van der Waals surface area contributed by atoms with Crippen LogP contribution in [0.4, 0.5) is 0 Å². The number of phosphoric acid groups is 4. The van der Waals surface area contributed by atoms with Crippen molar-refractivity contribution in [2.24, 2.45) is 0 Å². The van der Waals surface area contributed by atoms with Crippen molar-refractivity contribution in [3.8, 4) is 0 Å². The normalized spacial score (nSPS) is 15.0. The predicted molar refractivity (Wildman–Crippen MR) is 195 cm³/mol. The molecule has 296 valence electrons. The largest absolute Gasteiger partial charge is 0.492 e. The number of phosphoric ester groups is 1. The highest BCUT2D eigenvalue weighted by molar-refractivity contribution is 7.70. The fourth-order valence-corrected chi connectivity index (χ4v) is 11.2. The van der Waals surface area contributed by atoms with Crippen LogP contribution in [0, 0.1) is 0 Å². The summed E-state index contributed by atoms with van der Waals surface area (Å²) in [4.78, 5) is 19.0. The van der Waals surface area contributed by atoms with Crippen LogP contribution in [-0.2, 0) is 49.3 Å². The van der Waals surface area contributed by atoms with Crippen molar-refractivity contribution in [2.45, 2.75) is 182 Å². The standard InChI is InChI=1S/C32H70O13P4/c1-5-9-13-17-21-25-29-39-47(36,40-30-26-22-18-14-10-6-2)44-49(38,42-32-28-24-20-16-12-8-4)45-48(37,43-46(33,34)35)41-31-27-23-19-15-11-7-3/h5-32H2,1-4H3,(H2,33,34,35). The molecule has 13 nitrogen and oxygen atoms in total. The van der Waals surface area contributed by atoms with Crippen LogP contribution in [0.15, 0.2) is 0 Å². The molecule has 0 spiro atoms. The van der Waals surface area contributed by atoms with Crippen molar-refractivity contribution in [1.82, 2.24) is 0 Å². The first-order valence-electron chi connectivity index (χ1n) is 18.9. The third-order valence-corrected chi connectivity index (χ3v) is 14.4. The Morgan fingerprint density at radius 1 is 0.327 bits per heavy atom. The lowest BCUT2D eigenvalue weighted by atomic mass is 10.1. The lowest BCUT2D eigenvalue weighted by Gasteiger charge is -2.26. The number of hydrogen-bond donors (Lipinski definition) is 2. The maximum Gasteiger partial charge on any atom is 0.492 e. The molecule has 0 radical (unpaired) electrons. The Morgan fingerprint density at radius 3 is 0.837 bits per heavy atom. The van der Waals surface area contributed by atoms with Crippen LogP contribution in [0.3, 0.4) is 0 Å². The maximum atomic E-state index is 14.1. The molecule has 2 unspecified atom stereocenters. The molecule has 0 amide bonds. The third-order valence-electron chi connectivity index (χ3n) is 7.60. The minimum absolute atomic E-state index is 0.0392. The summed E-state index contributed by atoms with van der Waals surface area (Å²) in [5, 5.41) is 0. The molecule has 0 heterocycles. The van der Waals surface area contributed by atoms with Crippen molar-refractivity contribution in [2.75, 3.05) is 26.4 Å². The lowest BCUT2D eigenvalue weighted by Crippen LogP contribution is -2.08. The molecule has 2 atom stereocenters. The van der Waals surface area contributed by atoms with Crippen LogP contribution in [0.25, 0.3) is 0 Å². The van der Waals surface area contributed by atoms with Gasteiger partial charge in [0.2, 0.25) is 0 Å². The first-order chi connectivity index (χ1) is 23.4. The molecule has 0 aliphatic carbocycles. The minimum Gasteiger partial charge on any atom is -0.302 e. The van der Waals surface area contributed by atoms with Crippen LogP contribution in [0.2, 0.25) is 0 Å². The topological polar surface area (TPSA) is 173 Å². The summed E-state index contributed by atoms with van der Waals surface area (Å²) in [6.07, 6.45) is 21.3. The fourth-order valence-electron chi connectivity index (χ4n) is 4.82. The Kier molecular flexibility index (Phi) is 31.3. The van der Waals surface area contributed by atoms with Gasteiger partial charge >= 0.3 is 31.3 Å². The fraction of sp³-hybridized carbons (Fsp3) is 1.00. The molecule has 2 N–H and O–H groups in total. The van der Waals surface area contributed by atoms with Gasteiger partial charge in [0.15, 0.2) is 0 Å². The molecule has 0 saturated heterocycles. The van der Waals surface area contributed by atoms with Gasteiger partial charge in [-0.1, -0.05) is 156 Å². The molecular weight excluding hydrogens is 716 g/mol. The summed E-state index contributed by atoms with van der Waals surface area (Å²) in [6, 6.07) is 0. The molecule has 0 fully saturated rings. The zero-order chi connectivity index (χ0) is 36.7. The van der Waals surface area contributed by atoms with E-state index in [1.165, 1.54) is 0 Å². The summed E-state index contributed by atoms with van der Waals surface area (Å²) in [7, 11) is -20.6. The zero-order valence-corrected chi connectivity index (χ0v) is 34.6. The molecule has 0 rings (SSSR count). The summed E-state index contributed by atoms with van der Waals surface area (Å²) in [5.41, 5.74) is 0. The number of unbranched alkanes of at least 4 members (excludes halogenated alkanes) is 20. The summed E-state index contributed by atoms with van der Waals surface area (Å²) in [6.45, 7) is 7.86. The zero-order valence-electron chi connectivity index (χ0n) is 31.0. The van der Waals surface area contributed by atoms with Gasteiger partial charge in [0.05, 0.1) is 26.4 Å². The van der Waals surface area contributed by atoms with E-state index in [2.05, 4.69) is 32.0 Å². The van der Waals surface area contributed by atoms with Gasteiger partial charge in [0.1, 0.15) is 0 Å². The summed E-state index contributed by atoms with van der Waals surface area (Å²) < 4.78 is 90.1. The molecule has 0 aromatic carbocycles. The highest BCUT2D eigenvalue weighted by Gasteiger charge is 2.49. The number of hydrogen-bond acceptors (Lipinski definition) is 11. The van der Waals surface area contributed by atoms with Gasteiger partial charge < -0.3 is 9.79 Å². The molecular formula is C32H70O13P4. The molecule has 0 aliphatic heterocycles. The molecule has 17 heteroatoms. The van der Waals surface area contributed by atoms with Crippen LogP contribution >= 0.6 is 31.3 Å². The van der Waals surface area contributed by atoms with Gasteiger partial charge in [0, 0.05) is 0 Å². The first-order valence-corrected chi connectivity index (χ1v) is 24.9. The van der Waals surface area contributed by atoms with E-state index in [0.717, 1.165) is 116 Å².